The molecule has 0 spiro atoms. The van der Waals surface area contributed by atoms with E-state index in [1.165, 1.54) is 22.5 Å². The van der Waals surface area contributed by atoms with Gasteiger partial charge in [-0.2, -0.15) is 0 Å². The maximum absolute atomic E-state index is 12.6. The van der Waals surface area contributed by atoms with Gasteiger partial charge in [0.15, 0.2) is 22.4 Å². The molecule has 0 unspecified atom stereocenters. The van der Waals surface area contributed by atoms with Gasteiger partial charge < -0.3 is 29.4 Å². The molecule has 0 radical (unpaired) electrons. The maximum atomic E-state index is 12.6. The van der Waals surface area contributed by atoms with Crippen LogP contribution in [0.5, 0.6) is 11.5 Å². The highest BCUT2D eigenvalue weighted by molar-refractivity contribution is 7.13. The van der Waals surface area contributed by atoms with Crippen LogP contribution in [-0.4, -0.2) is 61.0 Å². The average molecular weight is 515 g/mol. The molecule has 3 rings (SSSR count). The second-order valence-electron chi connectivity index (χ2n) is 8.16. The Morgan fingerprint density at radius 2 is 1.89 bits per heavy atom. The quantitative estimate of drug-likeness (QED) is 0.381. The van der Waals surface area contributed by atoms with Gasteiger partial charge in [0.05, 0.1) is 32.6 Å². The first kappa shape index (κ1) is 26.7. The third-order valence-electron chi connectivity index (χ3n) is 5.25. The van der Waals surface area contributed by atoms with Crippen molar-refractivity contribution in [3.8, 4) is 11.5 Å². The van der Waals surface area contributed by atoms with Crippen LogP contribution < -0.4 is 20.1 Å². The lowest BCUT2D eigenvalue weighted by Gasteiger charge is -2.24. The van der Waals surface area contributed by atoms with Crippen molar-refractivity contribution in [2.75, 3.05) is 32.6 Å². The monoisotopic (exact) mass is 514 g/mol. The number of carbonyl (C=O) groups is 3. The normalized spacial score (nSPS) is 10.7. The number of benzene rings is 1. The third kappa shape index (κ3) is 7.32. The lowest BCUT2D eigenvalue weighted by molar-refractivity contribution is -0.120. The molecule has 2 N–H and O–H groups in total. The Kier molecular flexibility index (Phi) is 9.46. The molecule has 192 valence electrons. The number of aromatic nitrogens is 1. The van der Waals surface area contributed by atoms with Gasteiger partial charge in [-0.15, -0.1) is 11.3 Å². The van der Waals surface area contributed by atoms with Crippen LogP contribution in [0.1, 0.15) is 35.7 Å². The number of thiazole rings is 1. The molecule has 0 atom stereocenters. The molecular weight excluding hydrogens is 484 g/mol. The van der Waals surface area contributed by atoms with Crippen molar-refractivity contribution in [1.29, 1.82) is 0 Å². The number of hydrogen-bond acceptors (Lipinski definition) is 8. The van der Waals surface area contributed by atoms with Gasteiger partial charge in [0.1, 0.15) is 6.54 Å². The molecule has 0 aliphatic heterocycles. The standard InChI is InChI=1S/C25H30N4O6S/c1-16(2)29(24(32)20-6-5-11-35-20)14-23(31)28-25-27-18(15-36-25)13-22(30)26-10-9-17-7-8-19(33-3)21(12-17)34-4/h5-8,11-12,15-16H,9-10,13-14H2,1-4H3,(H,26,30)(H,27,28,31). The molecule has 10 nitrogen and oxygen atoms in total. The van der Waals surface area contributed by atoms with Gasteiger partial charge >= 0.3 is 0 Å². The van der Waals surface area contributed by atoms with Crippen molar-refractivity contribution in [2.45, 2.75) is 32.7 Å². The molecule has 0 saturated carbocycles. The van der Waals surface area contributed by atoms with E-state index in [1.807, 2.05) is 32.0 Å². The maximum Gasteiger partial charge on any atom is 0.290 e. The Balaban J connectivity index is 1.46. The molecule has 2 heterocycles. The number of nitrogens with zero attached hydrogens (tertiary/aromatic N) is 2. The molecule has 36 heavy (non-hydrogen) atoms. The summed E-state index contributed by atoms with van der Waals surface area (Å²) in [5.74, 6) is 0.537. The molecule has 11 heteroatoms. The number of nitrogens with one attached hydrogen (secondary N) is 2. The molecule has 0 aliphatic carbocycles. The number of anilines is 1. The largest absolute Gasteiger partial charge is 0.493 e. The molecule has 0 fully saturated rings. The smallest absolute Gasteiger partial charge is 0.290 e. The molecule has 3 aromatic rings. The van der Waals surface area contributed by atoms with Gasteiger partial charge in [0, 0.05) is 18.0 Å². The van der Waals surface area contributed by atoms with E-state index in [0.29, 0.717) is 35.3 Å². The highest BCUT2D eigenvalue weighted by atomic mass is 32.1. The van der Waals surface area contributed by atoms with Crippen LogP contribution in [0.15, 0.2) is 46.4 Å². The highest BCUT2D eigenvalue weighted by Gasteiger charge is 2.24. The van der Waals surface area contributed by atoms with Crippen molar-refractivity contribution in [1.82, 2.24) is 15.2 Å². The second kappa shape index (κ2) is 12.7. The van der Waals surface area contributed by atoms with E-state index in [0.717, 1.165) is 5.56 Å². The summed E-state index contributed by atoms with van der Waals surface area (Å²) in [5, 5.41) is 7.65. The van der Waals surface area contributed by atoms with Crippen LogP contribution in [0.2, 0.25) is 0 Å². The summed E-state index contributed by atoms with van der Waals surface area (Å²) in [7, 11) is 3.16. The van der Waals surface area contributed by atoms with Crippen LogP contribution in [0.4, 0.5) is 5.13 Å². The van der Waals surface area contributed by atoms with Crippen molar-refractivity contribution in [2.24, 2.45) is 0 Å². The van der Waals surface area contributed by atoms with E-state index in [-0.39, 0.29) is 42.5 Å². The van der Waals surface area contributed by atoms with Gasteiger partial charge in [-0.05, 0) is 50.1 Å². The summed E-state index contributed by atoms with van der Waals surface area (Å²) in [6.07, 6.45) is 2.14. The molecule has 0 aliphatic rings. The van der Waals surface area contributed by atoms with Crippen LogP contribution in [0.3, 0.4) is 0 Å². The molecule has 2 aromatic heterocycles. The van der Waals surface area contributed by atoms with E-state index < -0.39 is 0 Å². The van der Waals surface area contributed by atoms with Crippen LogP contribution >= 0.6 is 11.3 Å². The fraction of sp³-hybridized carbons (Fsp3) is 0.360. The SMILES string of the molecule is COc1ccc(CCNC(=O)Cc2csc(NC(=O)CN(C(=O)c3ccco3)C(C)C)n2)cc1OC. The van der Waals surface area contributed by atoms with Gasteiger partial charge in [0.25, 0.3) is 5.91 Å². The number of rotatable bonds is 12. The molecular formula is C25H30N4O6S. The van der Waals surface area contributed by atoms with Crippen molar-refractivity contribution >= 4 is 34.2 Å². The summed E-state index contributed by atoms with van der Waals surface area (Å²) in [5.41, 5.74) is 1.55. The number of methoxy groups -OCH3 is 2. The molecule has 1 aromatic carbocycles. The fourth-order valence-corrected chi connectivity index (χ4v) is 4.13. The van der Waals surface area contributed by atoms with Crippen molar-refractivity contribution in [3.05, 3.63) is 59.0 Å². The van der Waals surface area contributed by atoms with Crippen LogP contribution in [0, 0.1) is 0 Å². The molecule has 0 saturated heterocycles. The first-order chi connectivity index (χ1) is 17.3. The Labute approximate surface area is 213 Å². The number of ether oxygens (including phenoxy) is 2. The Hall–Kier alpha value is -3.86. The predicted molar refractivity (Wildman–Crippen MR) is 136 cm³/mol. The van der Waals surface area contributed by atoms with Gasteiger partial charge in [-0.25, -0.2) is 4.98 Å². The second-order valence-corrected chi connectivity index (χ2v) is 9.02. The Morgan fingerprint density at radius 3 is 2.56 bits per heavy atom. The summed E-state index contributed by atoms with van der Waals surface area (Å²) < 4.78 is 15.7. The third-order valence-corrected chi connectivity index (χ3v) is 6.06. The van der Waals surface area contributed by atoms with Crippen LogP contribution in [0.25, 0.3) is 0 Å². The van der Waals surface area contributed by atoms with E-state index in [4.69, 9.17) is 13.9 Å². The highest BCUT2D eigenvalue weighted by Crippen LogP contribution is 2.27. The minimum Gasteiger partial charge on any atom is -0.493 e. The zero-order valence-electron chi connectivity index (χ0n) is 20.7. The topological polar surface area (TPSA) is 123 Å². The van der Waals surface area contributed by atoms with Gasteiger partial charge in [0.2, 0.25) is 11.8 Å². The summed E-state index contributed by atoms with van der Waals surface area (Å²) in [4.78, 5) is 43.2. The lowest BCUT2D eigenvalue weighted by Crippen LogP contribution is -2.42. The Morgan fingerprint density at radius 1 is 1.11 bits per heavy atom. The number of carbonyl (C=O) groups excluding carboxylic acids is 3. The Bertz CT molecular complexity index is 1180. The number of furan rings is 1. The van der Waals surface area contributed by atoms with Gasteiger partial charge in [-0.1, -0.05) is 6.07 Å². The van der Waals surface area contributed by atoms with Gasteiger partial charge in [-0.3, -0.25) is 14.4 Å². The summed E-state index contributed by atoms with van der Waals surface area (Å²) in [6, 6.07) is 8.60. The minimum atomic E-state index is -0.385. The van der Waals surface area contributed by atoms with E-state index in [2.05, 4.69) is 15.6 Å². The fourth-order valence-electron chi connectivity index (χ4n) is 3.40. The van der Waals surface area contributed by atoms with E-state index >= 15 is 0 Å². The first-order valence-electron chi connectivity index (χ1n) is 11.4. The predicted octanol–water partition coefficient (Wildman–Crippen LogP) is 3.14. The van der Waals surface area contributed by atoms with Crippen molar-refractivity contribution in [3.63, 3.8) is 0 Å². The first-order valence-corrected chi connectivity index (χ1v) is 12.2. The lowest BCUT2D eigenvalue weighted by atomic mass is 10.1. The summed E-state index contributed by atoms with van der Waals surface area (Å²) >= 11 is 1.22. The van der Waals surface area contributed by atoms with E-state index in [9.17, 15) is 14.4 Å². The molecule has 0 bridgehead atoms. The zero-order chi connectivity index (χ0) is 26.1. The summed E-state index contributed by atoms with van der Waals surface area (Å²) in [6.45, 7) is 3.94. The number of amides is 3. The minimum absolute atomic E-state index is 0.0907. The number of hydrogen-bond donors (Lipinski definition) is 2. The molecule has 3 amide bonds. The van der Waals surface area contributed by atoms with E-state index in [1.54, 1.807) is 31.7 Å². The zero-order valence-corrected chi connectivity index (χ0v) is 21.5. The average Bonchev–Trinajstić information content (AvgIpc) is 3.54. The van der Waals surface area contributed by atoms with Crippen molar-refractivity contribution < 1.29 is 28.3 Å². The van der Waals surface area contributed by atoms with Crippen LogP contribution in [-0.2, 0) is 22.4 Å².